The number of allylic oxidation sites excluding steroid dienone is 3. The second-order valence-electron chi connectivity index (χ2n) is 7.82. The minimum Gasteiger partial charge on any atom is -0.491 e. The third-order valence-corrected chi connectivity index (χ3v) is 5.86. The normalized spacial score (nSPS) is 16.8. The Balaban J connectivity index is 1.44. The number of fused-ring (bicyclic) bond motifs is 2. The predicted molar refractivity (Wildman–Crippen MR) is 117 cm³/mol. The van der Waals surface area contributed by atoms with Crippen LogP contribution in [0.3, 0.4) is 0 Å². The van der Waals surface area contributed by atoms with Gasteiger partial charge >= 0.3 is 0 Å². The second-order valence-corrected chi connectivity index (χ2v) is 7.82. The Bertz CT molecular complexity index is 1030. The van der Waals surface area contributed by atoms with Crippen LogP contribution in [0.1, 0.15) is 38.7 Å². The average Bonchev–Trinajstić information content (AvgIpc) is 2.73. The number of hydrogen-bond acceptors (Lipinski definition) is 2. The minimum absolute atomic E-state index is 0.222. The Hall–Kier alpha value is -2.74. The fourth-order valence-corrected chi connectivity index (χ4v) is 4.17. The lowest BCUT2D eigenvalue weighted by atomic mass is 9.94. The monoisotopic (exact) mass is 371 g/mol. The van der Waals surface area contributed by atoms with E-state index in [4.69, 9.17) is 4.74 Å². The topological polar surface area (TPSA) is 12.5 Å². The summed E-state index contributed by atoms with van der Waals surface area (Å²) in [5.41, 5.74) is 5.36. The van der Waals surface area contributed by atoms with Gasteiger partial charge in [0.25, 0.3) is 0 Å². The van der Waals surface area contributed by atoms with Crippen LogP contribution in [0.15, 0.2) is 78.2 Å². The van der Waals surface area contributed by atoms with E-state index >= 15 is 0 Å². The van der Waals surface area contributed by atoms with Gasteiger partial charge in [0.1, 0.15) is 5.76 Å². The Morgan fingerprint density at radius 3 is 2.50 bits per heavy atom. The fourth-order valence-electron chi connectivity index (χ4n) is 4.17. The minimum atomic E-state index is 0.222. The molecule has 0 radical (unpaired) electrons. The molecule has 2 aromatic rings. The van der Waals surface area contributed by atoms with E-state index in [2.05, 4.69) is 92.5 Å². The molecule has 2 nitrogen and oxygen atoms in total. The zero-order valence-electron chi connectivity index (χ0n) is 17.1. The Labute approximate surface area is 168 Å². The van der Waals surface area contributed by atoms with Crippen LogP contribution in [0.4, 0.5) is 0 Å². The number of hydrogen-bond donors (Lipinski definition) is 0. The summed E-state index contributed by atoms with van der Waals surface area (Å²) >= 11 is 0. The maximum absolute atomic E-state index is 6.29. The molecule has 2 aliphatic rings. The van der Waals surface area contributed by atoms with Crippen molar-refractivity contribution in [3.05, 3.63) is 94.2 Å². The second kappa shape index (κ2) is 8.10. The molecule has 2 heteroatoms. The summed E-state index contributed by atoms with van der Waals surface area (Å²) in [6.45, 7) is 4.38. The van der Waals surface area contributed by atoms with Crippen molar-refractivity contribution >= 4 is 11.3 Å². The summed E-state index contributed by atoms with van der Waals surface area (Å²) in [5.74, 6) is 1.00. The molecular formula is C26H29NO. The number of ether oxygens (including phenoxy) is 1. The summed E-state index contributed by atoms with van der Waals surface area (Å²) in [6, 6.07) is 19.4. The molecule has 1 aliphatic heterocycles. The van der Waals surface area contributed by atoms with E-state index in [1.807, 2.05) is 0 Å². The molecular weight excluding hydrogens is 342 g/mol. The molecule has 0 aromatic heterocycles. The van der Waals surface area contributed by atoms with Crippen molar-refractivity contribution in [2.75, 3.05) is 7.05 Å². The smallest absolute Gasteiger partial charge is 0.118 e. The maximum atomic E-state index is 6.29. The molecule has 1 heterocycles. The highest BCUT2D eigenvalue weighted by atomic mass is 16.5. The largest absolute Gasteiger partial charge is 0.491 e. The first kappa shape index (κ1) is 18.6. The van der Waals surface area contributed by atoms with Gasteiger partial charge in [-0.15, -0.1) is 0 Å². The SMILES string of the molecule is CC1=c2ccccc2=C2CC=C(OC(C)CCCc3ccccc3)C=C2N1C. The molecule has 0 amide bonds. The van der Waals surface area contributed by atoms with Crippen molar-refractivity contribution in [3.8, 4) is 0 Å². The van der Waals surface area contributed by atoms with Crippen molar-refractivity contribution in [1.82, 2.24) is 4.90 Å². The summed E-state index contributed by atoms with van der Waals surface area (Å²) < 4.78 is 6.29. The van der Waals surface area contributed by atoms with Crippen molar-refractivity contribution in [1.29, 1.82) is 0 Å². The highest BCUT2D eigenvalue weighted by Gasteiger charge is 2.22. The summed E-state index contributed by atoms with van der Waals surface area (Å²) in [6.07, 6.45) is 8.92. The van der Waals surface area contributed by atoms with E-state index in [1.165, 1.54) is 33.0 Å². The first-order valence-corrected chi connectivity index (χ1v) is 10.3. The van der Waals surface area contributed by atoms with Gasteiger partial charge in [0.2, 0.25) is 0 Å². The quantitative estimate of drug-likeness (QED) is 0.741. The predicted octanol–water partition coefficient (Wildman–Crippen LogP) is 4.51. The van der Waals surface area contributed by atoms with Crippen LogP contribution >= 0.6 is 0 Å². The zero-order valence-corrected chi connectivity index (χ0v) is 17.1. The molecule has 4 rings (SSSR count). The van der Waals surface area contributed by atoms with Gasteiger partial charge in [0.05, 0.1) is 6.10 Å². The molecule has 0 bridgehead atoms. The van der Waals surface area contributed by atoms with Gasteiger partial charge in [-0.05, 0) is 62.0 Å². The third kappa shape index (κ3) is 3.77. The molecule has 144 valence electrons. The molecule has 1 aliphatic carbocycles. The van der Waals surface area contributed by atoms with E-state index in [0.717, 1.165) is 31.4 Å². The van der Waals surface area contributed by atoms with Crippen molar-refractivity contribution in [2.24, 2.45) is 0 Å². The number of aryl methyl sites for hydroxylation is 1. The van der Waals surface area contributed by atoms with Gasteiger partial charge in [-0.3, -0.25) is 0 Å². The van der Waals surface area contributed by atoms with E-state index < -0.39 is 0 Å². The van der Waals surface area contributed by atoms with Gasteiger partial charge in [0, 0.05) is 29.7 Å². The Morgan fingerprint density at radius 2 is 1.71 bits per heavy atom. The van der Waals surface area contributed by atoms with Crippen LogP contribution in [0.25, 0.3) is 11.3 Å². The molecule has 0 spiro atoms. The summed E-state index contributed by atoms with van der Waals surface area (Å²) in [4.78, 5) is 2.30. The maximum Gasteiger partial charge on any atom is 0.118 e. The van der Waals surface area contributed by atoms with Gasteiger partial charge in [-0.1, -0.05) is 54.6 Å². The lowest BCUT2D eigenvalue weighted by Gasteiger charge is -2.32. The standard InChI is InChI=1S/C26H29NO/c1-19(10-9-13-21-11-5-4-6-12-21)28-22-16-17-25-24-15-8-7-14-23(24)20(2)27(3)26(25)18-22/h4-8,11-12,14-16,18-19H,9-10,13,17H2,1-3H3. The Kier molecular flexibility index (Phi) is 5.38. The van der Waals surface area contributed by atoms with Gasteiger partial charge in [-0.2, -0.15) is 0 Å². The van der Waals surface area contributed by atoms with Crippen LogP contribution in [0.5, 0.6) is 0 Å². The van der Waals surface area contributed by atoms with Gasteiger partial charge in [0.15, 0.2) is 0 Å². The molecule has 28 heavy (non-hydrogen) atoms. The number of rotatable bonds is 6. The van der Waals surface area contributed by atoms with Crippen molar-refractivity contribution in [2.45, 2.75) is 45.6 Å². The first-order chi connectivity index (χ1) is 13.6. The van der Waals surface area contributed by atoms with E-state index in [1.54, 1.807) is 0 Å². The summed E-state index contributed by atoms with van der Waals surface area (Å²) in [5, 5.41) is 2.69. The Morgan fingerprint density at radius 1 is 1.00 bits per heavy atom. The van der Waals surface area contributed by atoms with Crippen LogP contribution in [-0.2, 0) is 11.2 Å². The number of benzene rings is 2. The lowest BCUT2D eigenvalue weighted by Crippen LogP contribution is -2.39. The molecule has 0 N–H and O–H groups in total. The molecule has 1 unspecified atom stereocenters. The number of nitrogens with zero attached hydrogens (tertiary/aromatic N) is 1. The zero-order chi connectivity index (χ0) is 19.5. The lowest BCUT2D eigenvalue weighted by molar-refractivity contribution is 0.129. The van der Waals surface area contributed by atoms with Gasteiger partial charge < -0.3 is 9.64 Å². The van der Waals surface area contributed by atoms with Crippen LogP contribution in [0, 0.1) is 0 Å². The van der Waals surface area contributed by atoms with Crippen molar-refractivity contribution < 1.29 is 4.74 Å². The fraction of sp³-hybridized carbons (Fsp3) is 0.308. The van der Waals surface area contributed by atoms with Crippen molar-refractivity contribution in [3.63, 3.8) is 0 Å². The molecule has 2 aromatic carbocycles. The van der Waals surface area contributed by atoms with Crippen LogP contribution in [-0.4, -0.2) is 18.1 Å². The van der Waals surface area contributed by atoms with Crippen LogP contribution in [0.2, 0.25) is 0 Å². The molecule has 1 atom stereocenters. The highest BCUT2D eigenvalue weighted by Crippen LogP contribution is 2.30. The van der Waals surface area contributed by atoms with Crippen LogP contribution < -0.4 is 10.4 Å². The summed E-state index contributed by atoms with van der Waals surface area (Å²) in [7, 11) is 2.16. The molecule has 0 saturated heterocycles. The first-order valence-electron chi connectivity index (χ1n) is 10.3. The molecule has 0 fully saturated rings. The van der Waals surface area contributed by atoms with E-state index in [0.29, 0.717) is 0 Å². The highest BCUT2D eigenvalue weighted by molar-refractivity contribution is 5.73. The molecule has 0 saturated carbocycles. The third-order valence-electron chi connectivity index (χ3n) is 5.86. The van der Waals surface area contributed by atoms with Gasteiger partial charge in [-0.25, -0.2) is 0 Å². The van der Waals surface area contributed by atoms with E-state index in [9.17, 15) is 0 Å². The van der Waals surface area contributed by atoms with E-state index in [-0.39, 0.29) is 6.10 Å². The average molecular weight is 372 g/mol.